The average molecular weight is 314 g/mol. The first-order valence-corrected chi connectivity index (χ1v) is 7.93. The topological polar surface area (TPSA) is 43.4 Å². The first-order valence-electron chi connectivity index (χ1n) is 7.93. The van der Waals surface area contributed by atoms with Gasteiger partial charge in [0.1, 0.15) is 11.6 Å². The molecule has 0 bridgehead atoms. The second-order valence-electron chi connectivity index (χ2n) is 6.23. The maximum atomic E-state index is 13.5. The third-order valence-electron chi connectivity index (χ3n) is 4.68. The van der Waals surface area contributed by atoms with Gasteiger partial charge in [-0.2, -0.15) is 0 Å². The van der Waals surface area contributed by atoms with Crippen molar-refractivity contribution in [2.75, 3.05) is 19.8 Å². The van der Waals surface area contributed by atoms with Gasteiger partial charge in [-0.1, -0.05) is 6.07 Å². The molecule has 1 aromatic carbocycles. The van der Waals surface area contributed by atoms with E-state index in [4.69, 9.17) is 9.47 Å². The monoisotopic (exact) mass is 314 g/mol. The number of benzene rings is 1. The number of ether oxygens (including phenoxy) is 2. The zero-order valence-corrected chi connectivity index (χ0v) is 13.0. The number of halogens is 1. The molecule has 120 valence electrons. The van der Waals surface area contributed by atoms with E-state index < -0.39 is 0 Å². The average Bonchev–Trinajstić information content (AvgIpc) is 2.96. The highest BCUT2D eigenvalue weighted by Gasteiger charge is 2.41. The zero-order chi connectivity index (χ0) is 15.8. The van der Waals surface area contributed by atoms with Gasteiger partial charge in [-0.3, -0.25) is 0 Å². The third-order valence-corrected chi connectivity index (χ3v) is 4.68. The minimum Gasteiger partial charge on any atom is -0.493 e. The van der Waals surface area contributed by atoms with Gasteiger partial charge >= 0.3 is 0 Å². The molecule has 0 amide bonds. The van der Waals surface area contributed by atoms with Gasteiger partial charge in [-0.25, -0.2) is 9.37 Å². The van der Waals surface area contributed by atoms with Crippen LogP contribution in [0.1, 0.15) is 17.3 Å². The summed E-state index contributed by atoms with van der Waals surface area (Å²) >= 11 is 0. The van der Waals surface area contributed by atoms with E-state index in [2.05, 4.69) is 10.3 Å². The van der Waals surface area contributed by atoms with Gasteiger partial charge in [0.25, 0.3) is 0 Å². The quantitative estimate of drug-likeness (QED) is 0.946. The molecule has 0 saturated carbocycles. The molecule has 1 fully saturated rings. The van der Waals surface area contributed by atoms with Crippen LogP contribution in [0.25, 0.3) is 0 Å². The van der Waals surface area contributed by atoms with Crippen LogP contribution in [0, 0.1) is 24.6 Å². The lowest BCUT2D eigenvalue weighted by Gasteiger charge is -2.31. The smallest absolute Gasteiger partial charge is 0.213 e. The van der Waals surface area contributed by atoms with E-state index in [1.807, 2.05) is 25.1 Å². The van der Waals surface area contributed by atoms with Crippen LogP contribution in [0.3, 0.4) is 0 Å². The van der Waals surface area contributed by atoms with E-state index in [0.717, 1.165) is 23.6 Å². The number of aromatic nitrogens is 1. The molecular weight excluding hydrogens is 295 g/mol. The molecule has 0 spiro atoms. The van der Waals surface area contributed by atoms with E-state index in [1.165, 1.54) is 6.07 Å². The maximum Gasteiger partial charge on any atom is 0.213 e. The Morgan fingerprint density at radius 1 is 1.35 bits per heavy atom. The second-order valence-corrected chi connectivity index (χ2v) is 6.23. The predicted molar refractivity (Wildman–Crippen MR) is 84.1 cm³/mol. The second kappa shape index (κ2) is 5.81. The summed E-state index contributed by atoms with van der Waals surface area (Å²) < 4.78 is 25.2. The highest BCUT2D eigenvalue weighted by molar-refractivity contribution is 5.39. The Labute approximate surface area is 134 Å². The molecule has 1 saturated heterocycles. The number of nitrogens with one attached hydrogen (secondary N) is 1. The summed E-state index contributed by atoms with van der Waals surface area (Å²) in [6, 6.07) is 10.6. The number of rotatable bonds is 3. The van der Waals surface area contributed by atoms with Crippen molar-refractivity contribution in [1.82, 2.24) is 10.3 Å². The van der Waals surface area contributed by atoms with E-state index >= 15 is 0 Å². The van der Waals surface area contributed by atoms with Crippen LogP contribution in [-0.4, -0.2) is 24.7 Å². The van der Waals surface area contributed by atoms with Gasteiger partial charge in [-0.15, -0.1) is 0 Å². The van der Waals surface area contributed by atoms with Gasteiger partial charge in [0.15, 0.2) is 0 Å². The first kappa shape index (κ1) is 14.5. The molecule has 4 nitrogen and oxygen atoms in total. The molecule has 5 heteroatoms. The lowest BCUT2D eigenvalue weighted by atomic mass is 9.86. The van der Waals surface area contributed by atoms with Crippen LogP contribution < -0.4 is 14.8 Å². The van der Waals surface area contributed by atoms with E-state index in [-0.39, 0.29) is 17.8 Å². The Hall–Kier alpha value is -2.14. The number of hydrogen-bond acceptors (Lipinski definition) is 4. The first-order chi connectivity index (χ1) is 11.2. The minimum absolute atomic E-state index is 0.133. The van der Waals surface area contributed by atoms with Crippen LogP contribution in [0.5, 0.6) is 11.6 Å². The SMILES string of the molecule is Cc1cccc(OC[C@@H]2CN[C@H]3c4cc(F)ccc4OC[C@@H]23)n1. The van der Waals surface area contributed by atoms with Crippen molar-refractivity contribution in [1.29, 1.82) is 0 Å². The standard InChI is InChI=1S/C18H19FN2O2/c1-11-3-2-4-17(21-11)23-9-12-8-20-18-14-7-13(19)5-6-16(14)22-10-15(12)18/h2-7,12,15,18,20H,8-10H2,1H3/t12-,15-,18-/m0/s1. The fourth-order valence-corrected chi connectivity index (χ4v) is 3.48. The summed E-state index contributed by atoms with van der Waals surface area (Å²) in [5.41, 5.74) is 1.85. The molecule has 3 atom stereocenters. The van der Waals surface area contributed by atoms with E-state index in [0.29, 0.717) is 25.0 Å². The number of hydrogen-bond donors (Lipinski definition) is 1. The van der Waals surface area contributed by atoms with Crippen LogP contribution in [0.2, 0.25) is 0 Å². The summed E-state index contributed by atoms with van der Waals surface area (Å²) in [5.74, 6) is 1.81. The number of fused-ring (bicyclic) bond motifs is 3. The lowest BCUT2D eigenvalue weighted by Crippen LogP contribution is -2.31. The van der Waals surface area contributed by atoms with Crippen LogP contribution in [-0.2, 0) is 0 Å². The highest BCUT2D eigenvalue weighted by Crippen LogP contribution is 2.42. The number of aryl methyl sites for hydroxylation is 1. The van der Waals surface area contributed by atoms with Crippen molar-refractivity contribution < 1.29 is 13.9 Å². The summed E-state index contributed by atoms with van der Waals surface area (Å²) in [5, 5.41) is 3.49. The molecule has 2 aromatic rings. The molecule has 4 rings (SSSR count). The van der Waals surface area contributed by atoms with Crippen molar-refractivity contribution in [2.24, 2.45) is 11.8 Å². The predicted octanol–water partition coefficient (Wildman–Crippen LogP) is 2.88. The van der Waals surface area contributed by atoms with Crippen molar-refractivity contribution >= 4 is 0 Å². The molecule has 0 aliphatic carbocycles. The van der Waals surface area contributed by atoms with Gasteiger partial charge in [-0.05, 0) is 31.2 Å². The van der Waals surface area contributed by atoms with Crippen LogP contribution >= 0.6 is 0 Å². The largest absolute Gasteiger partial charge is 0.493 e. The molecule has 1 N–H and O–H groups in total. The Balaban J connectivity index is 1.47. The molecule has 0 radical (unpaired) electrons. The van der Waals surface area contributed by atoms with Crippen molar-refractivity contribution in [2.45, 2.75) is 13.0 Å². The van der Waals surface area contributed by atoms with E-state index in [9.17, 15) is 4.39 Å². The zero-order valence-electron chi connectivity index (χ0n) is 13.0. The van der Waals surface area contributed by atoms with Crippen LogP contribution in [0.15, 0.2) is 36.4 Å². The molecule has 3 heterocycles. The Morgan fingerprint density at radius 2 is 2.26 bits per heavy atom. The Bertz CT molecular complexity index is 722. The summed E-state index contributed by atoms with van der Waals surface area (Å²) in [7, 11) is 0. The van der Waals surface area contributed by atoms with Gasteiger partial charge in [0.05, 0.1) is 13.2 Å². The Kier molecular flexibility index (Phi) is 3.65. The number of nitrogens with zero attached hydrogens (tertiary/aromatic N) is 1. The fraction of sp³-hybridized carbons (Fsp3) is 0.389. The van der Waals surface area contributed by atoms with Crippen molar-refractivity contribution in [3.8, 4) is 11.6 Å². The molecule has 23 heavy (non-hydrogen) atoms. The van der Waals surface area contributed by atoms with Gasteiger partial charge < -0.3 is 14.8 Å². The lowest BCUT2D eigenvalue weighted by molar-refractivity contribution is 0.139. The molecule has 1 aromatic heterocycles. The summed E-state index contributed by atoms with van der Waals surface area (Å²) in [6.45, 7) is 3.99. The van der Waals surface area contributed by atoms with Crippen LogP contribution in [0.4, 0.5) is 4.39 Å². The number of pyridine rings is 1. The highest BCUT2D eigenvalue weighted by atomic mass is 19.1. The summed E-state index contributed by atoms with van der Waals surface area (Å²) in [6.07, 6.45) is 0. The molecule has 2 aliphatic heterocycles. The van der Waals surface area contributed by atoms with Gasteiger partial charge in [0.2, 0.25) is 5.88 Å². The fourth-order valence-electron chi connectivity index (χ4n) is 3.48. The maximum absolute atomic E-state index is 13.5. The molecular formula is C18H19FN2O2. The third kappa shape index (κ3) is 2.77. The molecule has 0 unspecified atom stereocenters. The summed E-state index contributed by atoms with van der Waals surface area (Å²) in [4.78, 5) is 4.36. The normalized spacial score (nSPS) is 25.4. The van der Waals surface area contributed by atoms with Crippen molar-refractivity contribution in [3.05, 3.63) is 53.5 Å². The Morgan fingerprint density at radius 3 is 3.13 bits per heavy atom. The minimum atomic E-state index is -0.224. The van der Waals surface area contributed by atoms with Crippen molar-refractivity contribution in [3.63, 3.8) is 0 Å². The molecule has 2 aliphatic rings. The van der Waals surface area contributed by atoms with E-state index in [1.54, 1.807) is 12.1 Å². The van der Waals surface area contributed by atoms with Gasteiger partial charge in [0, 0.05) is 41.7 Å².